The smallest absolute Gasteiger partial charge is 0.319 e. The minimum atomic E-state index is -0.316. The summed E-state index contributed by atoms with van der Waals surface area (Å²) >= 11 is 0. The molecule has 0 bridgehead atoms. The van der Waals surface area contributed by atoms with Crippen LogP contribution in [0.4, 0.5) is 10.5 Å². The van der Waals surface area contributed by atoms with Gasteiger partial charge < -0.3 is 20.2 Å². The minimum Gasteiger partial charge on any atom is -0.333 e. The molecule has 0 saturated carbocycles. The first-order valence-electron chi connectivity index (χ1n) is 8.19. The first-order chi connectivity index (χ1) is 12.0. The van der Waals surface area contributed by atoms with E-state index in [2.05, 4.69) is 34.4 Å². The highest BCUT2D eigenvalue weighted by Gasteiger charge is 2.08. The van der Waals surface area contributed by atoms with Crippen LogP contribution in [-0.4, -0.2) is 20.6 Å². The van der Waals surface area contributed by atoms with Crippen LogP contribution in [0, 0.1) is 5.92 Å². The summed E-state index contributed by atoms with van der Waals surface area (Å²) in [5.74, 6) is 1.32. The fourth-order valence-corrected chi connectivity index (χ4v) is 2.67. The lowest BCUT2D eigenvalue weighted by Gasteiger charge is -2.12. The number of aromatic amines is 1. The van der Waals surface area contributed by atoms with Gasteiger partial charge in [-0.05, 0) is 35.6 Å². The van der Waals surface area contributed by atoms with Crippen LogP contribution in [0.2, 0.25) is 0 Å². The molecule has 0 fully saturated rings. The van der Waals surface area contributed by atoms with E-state index in [4.69, 9.17) is 0 Å². The third-order valence-corrected chi connectivity index (χ3v) is 3.80. The van der Waals surface area contributed by atoms with Crippen molar-refractivity contribution in [3.05, 3.63) is 59.0 Å². The highest BCUT2D eigenvalue weighted by atomic mass is 16.2. The Balaban J connectivity index is 1.63. The van der Waals surface area contributed by atoms with Crippen molar-refractivity contribution in [2.75, 3.05) is 5.32 Å². The molecular weight excluding hydrogens is 318 g/mol. The molecule has 2 aromatic heterocycles. The van der Waals surface area contributed by atoms with Crippen LogP contribution in [-0.2, 0) is 13.1 Å². The summed E-state index contributed by atoms with van der Waals surface area (Å²) in [5.41, 5.74) is 0.478. The number of urea groups is 1. The average molecular weight is 339 g/mol. The van der Waals surface area contributed by atoms with E-state index in [1.807, 2.05) is 10.8 Å². The first-order valence-corrected chi connectivity index (χ1v) is 8.19. The zero-order chi connectivity index (χ0) is 17.8. The summed E-state index contributed by atoms with van der Waals surface area (Å²) in [6.07, 6.45) is 5.23. The Morgan fingerprint density at radius 1 is 1.32 bits per heavy atom. The van der Waals surface area contributed by atoms with Gasteiger partial charge in [-0.1, -0.05) is 13.8 Å². The van der Waals surface area contributed by atoms with Crippen molar-refractivity contribution in [1.82, 2.24) is 19.9 Å². The summed E-state index contributed by atoms with van der Waals surface area (Å²) in [6, 6.07) is 6.64. The molecule has 7 heteroatoms. The predicted molar refractivity (Wildman–Crippen MR) is 97.5 cm³/mol. The topological polar surface area (TPSA) is 91.8 Å². The highest BCUT2D eigenvalue weighted by Crippen LogP contribution is 2.15. The zero-order valence-electron chi connectivity index (χ0n) is 14.2. The monoisotopic (exact) mass is 339 g/mol. The standard InChI is InChI=1S/C18H21N5O2/c1-12(2)11-23-8-7-19-16(23)10-21-18(25)22-14-3-4-15-13(9-14)5-6-20-17(15)24/h3-9,12H,10-11H2,1-2H3,(H,20,24)(H2,21,22,25). The Morgan fingerprint density at radius 2 is 2.16 bits per heavy atom. The largest absolute Gasteiger partial charge is 0.333 e. The molecule has 0 aliphatic carbocycles. The molecule has 3 N–H and O–H groups in total. The van der Waals surface area contributed by atoms with Crippen LogP contribution in [0.5, 0.6) is 0 Å². The van der Waals surface area contributed by atoms with Crippen LogP contribution in [0.15, 0.2) is 47.7 Å². The molecule has 0 radical (unpaired) electrons. The van der Waals surface area contributed by atoms with Gasteiger partial charge in [-0.15, -0.1) is 0 Å². The molecule has 0 atom stereocenters. The Morgan fingerprint density at radius 3 is 2.96 bits per heavy atom. The van der Waals surface area contributed by atoms with Crippen molar-refractivity contribution in [2.45, 2.75) is 26.9 Å². The van der Waals surface area contributed by atoms with Crippen molar-refractivity contribution in [2.24, 2.45) is 5.92 Å². The fourth-order valence-electron chi connectivity index (χ4n) is 2.67. The Bertz CT molecular complexity index is 942. The number of carbonyl (C=O) groups excluding carboxylic acids is 1. The second kappa shape index (κ2) is 7.21. The summed E-state index contributed by atoms with van der Waals surface area (Å²) in [6.45, 7) is 5.47. The molecule has 2 heterocycles. The van der Waals surface area contributed by atoms with Crippen molar-refractivity contribution < 1.29 is 4.79 Å². The molecule has 2 amide bonds. The van der Waals surface area contributed by atoms with E-state index in [1.54, 1.807) is 36.7 Å². The SMILES string of the molecule is CC(C)Cn1ccnc1CNC(=O)Nc1ccc2c(=O)[nH]ccc2c1. The maximum absolute atomic E-state index is 12.1. The second-order valence-electron chi connectivity index (χ2n) is 6.31. The Kier molecular flexibility index (Phi) is 4.83. The van der Waals surface area contributed by atoms with Gasteiger partial charge in [0.25, 0.3) is 5.56 Å². The Labute approximate surface area is 145 Å². The lowest BCUT2D eigenvalue weighted by atomic mass is 10.1. The molecule has 0 unspecified atom stereocenters. The number of nitrogens with one attached hydrogen (secondary N) is 3. The first kappa shape index (κ1) is 16.8. The number of rotatable bonds is 5. The highest BCUT2D eigenvalue weighted by molar-refractivity contribution is 5.93. The molecular formula is C18H21N5O2. The number of anilines is 1. The number of fused-ring (bicyclic) bond motifs is 1. The summed E-state index contributed by atoms with van der Waals surface area (Å²) in [4.78, 5) is 30.7. The lowest BCUT2D eigenvalue weighted by molar-refractivity contribution is 0.251. The van der Waals surface area contributed by atoms with E-state index in [0.717, 1.165) is 17.8 Å². The number of imidazole rings is 1. The van der Waals surface area contributed by atoms with E-state index in [-0.39, 0.29) is 11.6 Å². The van der Waals surface area contributed by atoms with Crippen LogP contribution in [0.25, 0.3) is 10.8 Å². The molecule has 0 saturated heterocycles. The molecule has 3 aromatic rings. The average Bonchev–Trinajstić information content (AvgIpc) is 2.99. The van der Waals surface area contributed by atoms with E-state index in [0.29, 0.717) is 23.5 Å². The van der Waals surface area contributed by atoms with E-state index in [1.165, 1.54) is 0 Å². The molecule has 1 aromatic carbocycles. The number of carbonyl (C=O) groups is 1. The van der Waals surface area contributed by atoms with E-state index >= 15 is 0 Å². The van der Waals surface area contributed by atoms with Crippen LogP contribution in [0.3, 0.4) is 0 Å². The van der Waals surface area contributed by atoms with Crippen molar-refractivity contribution in [3.63, 3.8) is 0 Å². The van der Waals surface area contributed by atoms with Gasteiger partial charge in [-0.25, -0.2) is 9.78 Å². The lowest BCUT2D eigenvalue weighted by Crippen LogP contribution is -2.29. The van der Waals surface area contributed by atoms with Gasteiger partial charge in [0.05, 0.1) is 6.54 Å². The quantitative estimate of drug-likeness (QED) is 0.667. The summed E-state index contributed by atoms with van der Waals surface area (Å²) in [7, 11) is 0. The maximum atomic E-state index is 12.1. The number of H-pyrrole nitrogens is 1. The zero-order valence-corrected chi connectivity index (χ0v) is 14.2. The molecule has 0 aliphatic heterocycles. The number of pyridine rings is 1. The third kappa shape index (κ3) is 4.06. The number of benzene rings is 1. The molecule has 0 spiro atoms. The summed E-state index contributed by atoms with van der Waals surface area (Å²) < 4.78 is 2.03. The van der Waals surface area contributed by atoms with Crippen LogP contribution >= 0.6 is 0 Å². The molecule has 25 heavy (non-hydrogen) atoms. The van der Waals surface area contributed by atoms with Crippen LogP contribution < -0.4 is 16.2 Å². The molecule has 130 valence electrons. The van der Waals surface area contributed by atoms with Gasteiger partial charge in [-0.3, -0.25) is 4.79 Å². The van der Waals surface area contributed by atoms with Crippen LogP contribution in [0.1, 0.15) is 19.7 Å². The number of amides is 2. The predicted octanol–water partition coefficient (Wildman–Crippen LogP) is 2.70. The van der Waals surface area contributed by atoms with E-state index < -0.39 is 0 Å². The second-order valence-corrected chi connectivity index (χ2v) is 6.31. The molecule has 0 aliphatic rings. The number of aromatic nitrogens is 3. The third-order valence-electron chi connectivity index (χ3n) is 3.80. The summed E-state index contributed by atoms with van der Waals surface area (Å²) in [5, 5.41) is 6.94. The van der Waals surface area contributed by atoms with Gasteiger partial charge in [0.15, 0.2) is 0 Å². The Hall–Kier alpha value is -3.09. The number of hydrogen-bond donors (Lipinski definition) is 3. The van der Waals surface area contributed by atoms with Crippen molar-refractivity contribution >= 4 is 22.5 Å². The minimum absolute atomic E-state index is 0.148. The molecule has 3 rings (SSSR count). The van der Waals surface area contributed by atoms with Crippen molar-refractivity contribution in [1.29, 1.82) is 0 Å². The van der Waals surface area contributed by atoms with Gasteiger partial charge in [0.1, 0.15) is 5.82 Å². The normalized spacial score (nSPS) is 11.0. The fraction of sp³-hybridized carbons (Fsp3) is 0.278. The van der Waals surface area contributed by atoms with Crippen molar-refractivity contribution in [3.8, 4) is 0 Å². The van der Waals surface area contributed by atoms with E-state index in [9.17, 15) is 9.59 Å². The van der Waals surface area contributed by atoms with Gasteiger partial charge in [-0.2, -0.15) is 0 Å². The van der Waals surface area contributed by atoms with Gasteiger partial charge >= 0.3 is 6.03 Å². The maximum Gasteiger partial charge on any atom is 0.319 e. The van der Waals surface area contributed by atoms with Gasteiger partial charge in [0, 0.05) is 36.2 Å². The number of hydrogen-bond acceptors (Lipinski definition) is 3. The molecule has 7 nitrogen and oxygen atoms in total. The number of nitrogens with zero attached hydrogens (tertiary/aromatic N) is 2. The van der Waals surface area contributed by atoms with Gasteiger partial charge in [0.2, 0.25) is 0 Å².